The molecule has 24 heavy (non-hydrogen) atoms. The van der Waals surface area contributed by atoms with Gasteiger partial charge in [0.2, 0.25) is 0 Å². The van der Waals surface area contributed by atoms with E-state index in [0.29, 0.717) is 19.1 Å². The molecule has 1 aromatic carbocycles. The second-order valence-corrected chi connectivity index (χ2v) is 7.25. The second kappa shape index (κ2) is 6.45. The fourth-order valence-electron chi connectivity index (χ4n) is 3.37. The summed E-state index contributed by atoms with van der Waals surface area (Å²) in [4.78, 5) is 9.28. The van der Waals surface area contributed by atoms with E-state index in [1.807, 2.05) is 6.92 Å². The first-order valence-corrected chi connectivity index (χ1v) is 9.02. The van der Waals surface area contributed by atoms with Crippen LogP contribution in [0.3, 0.4) is 0 Å². The molecule has 0 atom stereocenters. The summed E-state index contributed by atoms with van der Waals surface area (Å²) >= 11 is 1.68. The highest BCUT2D eigenvalue weighted by Crippen LogP contribution is 2.30. The fourth-order valence-corrected chi connectivity index (χ4v) is 3.98. The first-order chi connectivity index (χ1) is 11.7. The second-order valence-electron chi connectivity index (χ2n) is 6.19. The predicted molar refractivity (Wildman–Crippen MR) is 93.3 cm³/mol. The summed E-state index contributed by atoms with van der Waals surface area (Å²) < 4.78 is 7.32. The minimum Gasteiger partial charge on any atom is -0.377 e. The number of ether oxygens (including phenoxy) is 1. The molecule has 5 nitrogen and oxygen atoms in total. The third-order valence-electron chi connectivity index (χ3n) is 4.40. The van der Waals surface area contributed by atoms with Crippen molar-refractivity contribution < 1.29 is 4.74 Å². The summed E-state index contributed by atoms with van der Waals surface area (Å²) in [7, 11) is 1.68. The van der Waals surface area contributed by atoms with E-state index in [4.69, 9.17) is 14.8 Å². The smallest absolute Gasteiger partial charge is 0.176 e. The monoisotopic (exact) mass is 340 g/mol. The number of nitrogens with zero attached hydrogens (tertiary/aromatic N) is 4. The summed E-state index contributed by atoms with van der Waals surface area (Å²) in [6.07, 6.45) is 2.73. The minimum absolute atomic E-state index is 0.329. The van der Waals surface area contributed by atoms with Gasteiger partial charge in [-0.3, -0.25) is 0 Å². The lowest BCUT2D eigenvalue weighted by Crippen LogP contribution is -2.15. The zero-order valence-electron chi connectivity index (χ0n) is 13.9. The number of hydrogen-bond donors (Lipinski definition) is 0. The molecule has 1 aliphatic carbocycles. The third kappa shape index (κ3) is 2.99. The zero-order valence-corrected chi connectivity index (χ0v) is 14.7. The van der Waals surface area contributed by atoms with Crippen LogP contribution in [0.15, 0.2) is 29.6 Å². The summed E-state index contributed by atoms with van der Waals surface area (Å²) in [6.45, 7) is 2.47. The van der Waals surface area contributed by atoms with Crippen molar-refractivity contribution in [2.24, 2.45) is 0 Å². The lowest BCUT2D eigenvalue weighted by Gasteiger charge is -2.12. The standard InChI is InChI=1S/C18H20N4OS/c1-12-19-15(11-24-12)9-18-20-17(10-23-2)21-22(18)16-7-13-5-3-4-6-14(13)8-16/h3-6,11,16H,7-10H2,1-2H3. The first kappa shape index (κ1) is 15.5. The molecule has 4 rings (SSSR count). The minimum atomic E-state index is 0.329. The maximum absolute atomic E-state index is 5.22. The average molecular weight is 340 g/mol. The van der Waals surface area contributed by atoms with Crippen molar-refractivity contribution in [1.29, 1.82) is 0 Å². The zero-order chi connectivity index (χ0) is 16.5. The number of aryl methyl sites for hydroxylation is 1. The van der Waals surface area contributed by atoms with E-state index in [1.54, 1.807) is 18.4 Å². The Balaban J connectivity index is 1.64. The highest BCUT2D eigenvalue weighted by molar-refractivity contribution is 7.09. The molecule has 0 unspecified atom stereocenters. The van der Waals surface area contributed by atoms with Gasteiger partial charge in [-0.1, -0.05) is 24.3 Å². The number of aromatic nitrogens is 4. The molecular formula is C18H20N4OS. The van der Waals surface area contributed by atoms with Gasteiger partial charge in [-0.05, 0) is 30.9 Å². The van der Waals surface area contributed by atoms with Crippen molar-refractivity contribution in [3.05, 3.63) is 63.1 Å². The molecule has 0 N–H and O–H groups in total. The van der Waals surface area contributed by atoms with E-state index < -0.39 is 0 Å². The Hall–Kier alpha value is -2.05. The first-order valence-electron chi connectivity index (χ1n) is 8.14. The van der Waals surface area contributed by atoms with Crippen molar-refractivity contribution >= 4 is 11.3 Å². The van der Waals surface area contributed by atoms with Gasteiger partial charge in [0.05, 0.1) is 23.2 Å². The largest absolute Gasteiger partial charge is 0.377 e. The number of methoxy groups -OCH3 is 1. The van der Waals surface area contributed by atoms with Crippen LogP contribution < -0.4 is 0 Å². The van der Waals surface area contributed by atoms with E-state index in [-0.39, 0.29) is 0 Å². The van der Waals surface area contributed by atoms with Gasteiger partial charge in [0, 0.05) is 12.5 Å². The summed E-state index contributed by atoms with van der Waals surface area (Å²) in [6, 6.07) is 8.98. The average Bonchev–Trinajstić information content (AvgIpc) is 3.26. The highest BCUT2D eigenvalue weighted by atomic mass is 32.1. The fraction of sp³-hybridized carbons (Fsp3) is 0.389. The van der Waals surface area contributed by atoms with Crippen molar-refractivity contribution in [3.63, 3.8) is 0 Å². The molecule has 0 aliphatic heterocycles. The lowest BCUT2D eigenvalue weighted by molar-refractivity contribution is 0.177. The predicted octanol–water partition coefficient (Wildman–Crippen LogP) is 3.12. The Morgan fingerprint density at radius 3 is 2.58 bits per heavy atom. The van der Waals surface area contributed by atoms with Crippen molar-refractivity contribution in [2.45, 2.75) is 38.8 Å². The molecule has 0 amide bonds. The Morgan fingerprint density at radius 2 is 1.96 bits per heavy atom. The molecule has 0 bridgehead atoms. The van der Waals surface area contributed by atoms with Crippen molar-refractivity contribution in [2.75, 3.05) is 7.11 Å². The Kier molecular flexibility index (Phi) is 4.16. The van der Waals surface area contributed by atoms with Crippen LogP contribution in [0.4, 0.5) is 0 Å². The number of rotatable bonds is 5. The molecular weight excluding hydrogens is 320 g/mol. The molecule has 3 aromatic rings. The molecule has 1 aliphatic rings. The maximum atomic E-state index is 5.22. The number of hydrogen-bond acceptors (Lipinski definition) is 5. The van der Waals surface area contributed by atoms with Crippen LogP contribution in [0.1, 0.15) is 39.5 Å². The van der Waals surface area contributed by atoms with Crippen LogP contribution in [0.2, 0.25) is 0 Å². The summed E-state index contributed by atoms with van der Waals surface area (Å²) in [5.74, 6) is 1.72. The maximum Gasteiger partial charge on any atom is 0.176 e. The van der Waals surface area contributed by atoms with Crippen LogP contribution in [-0.2, 0) is 30.6 Å². The van der Waals surface area contributed by atoms with Gasteiger partial charge in [0.25, 0.3) is 0 Å². The van der Waals surface area contributed by atoms with Crippen LogP contribution >= 0.6 is 11.3 Å². The number of benzene rings is 1. The molecule has 0 radical (unpaired) electrons. The van der Waals surface area contributed by atoms with Gasteiger partial charge in [-0.25, -0.2) is 14.6 Å². The van der Waals surface area contributed by atoms with Crippen LogP contribution in [0.25, 0.3) is 0 Å². The Labute approximate surface area is 145 Å². The van der Waals surface area contributed by atoms with Gasteiger partial charge in [-0.15, -0.1) is 11.3 Å². The number of fused-ring (bicyclic) bond motifs is 1. The molecule has 124 valence electrons. The topological polar surface area (TPSA) is 52.8 Å². The van der Waals surface area contributed by atoms with Crippen LogP contribution in [0, 0.1) is 6.92 Å². The molecule has 6 heteroatoms. The van der Waals surface area contributed by atoms with Gasteiger partial charge in [-0.2, -0.15) is 5.10 Å². The quantitative estimate of drug-likeness (QED) is 0.716. The number of thiazole rings is 1. The molecule has 0 saturated heterocycles. The SMILES string of the molecule is COCc1nc(Cc2csc(C)n2)n(C2Cc3ccccc3C2)n1. The van der Waals surface area contributed by atoms with Gasteiger partial charge < -0.3 is 4.74 Å². The molecule has 0 fully saturated rings. The van der Waals surface area contributed by atoms with Crippen molar-refractivity contribution in [3.8, 4) is 0 Å². The molecule has 2 heterocycles. The molecule has 2 aromatic heterocycles. The Bertz CT molecular complexity index is 829. The van der Waals surface area contributed by atoms with E-state index in [1.165, 1.54) is 11.1 Å². The lowest BCUT2D eigenvalue weighted by atomic mass is 10.1. The highest BCUT2D eigenvalue weighted by Gasteiger charge is 2.26. The van der Waals surface area contributed by atoms with Crippen molar-refractivity contribution in [1.82, 2.24) is 19.7 Å². The van der Waals surface area contributed by atoms with Gasteiger partial charge in [0.1, 0.15) is 12.4 Å². The molecule has 0 saturated carbocycles. The van der Waals surface area contributed by atoms with E-state index in [2.05, 4.69) is 39.3 Å². The van der Waals surface area contributed by atoms with Crippen LogP contribution in [0.5, 0.6) is 0 Å². The van der Waals surface area contributed by atoms with E-state index in [9.17, 15) is 0 Å². The summed E-state index contributed by atoms with van der Waals surface area (Å²) in [5.41, 5.74) is 3.90. The van der Waals surface area contributed by atoms with E-state index in [0.717, 1.165) is 35.2 Å². The van der Waals surface area contributed by atoms with E-state index >= 15 is 0 Å². The molecule has 0 spiro atoms. The van der Waals surface area contributed by atoms with Gasteiger partial charge >= 0.3 is 0 Å². The third-order valence-corrected chi connectivity index (χ3v) is 5.22. The normalized spacial score (nSPS) is 14.2. The summed E-state index contributed by atoms with van der Waals surface area (Å²) in [5, 5.41) is 7.91. The van der Waals surface area contributed by atoms with Gasteiger partial charge in [0.15, 0.2) is 5.82 Å². The van der Waals surface area contributed by atoms with Crippen LogP contribution in [-0.4, -0.2) is 26.9 Å². The Morgan fingerprint density at radius 1 is 1.21 bits per heavy atom.